The van der Waals surface area contributed by atoms with Crippen molar-refractivity contribution in [2.75, 3.05) is 0 Å². The van der Waals surface area contributed by atoms with Crippen LogP contribution >= 0.6 is 15.9 Å². The van der Waals surface area contributed by atoms with E-state index in [1.165, 1.54) is 12.1 Å². The van der Waals surface area contributed by atoms with Crippen molar-refractivity contribution in [3.8, 4) is 0 Å². The SMILES string of the molecule is Cc1ccc(C(=O)Cc2cccc(F)c2)cc1Br. The molecule has 0 unspecified atom stereocenters. The molecule has 0 bridgehead atoms. The van der Waals surface area contributed by atoms with Crippen molar-refractivity contribution in [1.29, 1.82) is 0 Å². The molecule has 18 heavy (non-hydrogen) atoms. The monoisotopic (exact) mass is 306 g/mol. The van der Waals surface area contributed by atoms with E-state index in [4.69, 9.17) is 0 Å². The number of hydrogen-bond acceptors (Lipinski definition) is 1. The van der Waals surface area contributed by atoms with Crippen molar-refractivity contribution in [2.24, 2.45) is 0 Å². The summed E-state index contributed by atoms with van der Waals surface area (Å²) >= 11 is 3.40. The summed E-state index contributed by atoms with van der Waals surface area (Å²) in [6.45, 7) is 1.96. The fraction of sp³-hybridized carbons (Fsp3) is 0.133. The Morgan fingerprint density at radius 2 is 2.00 bits per heavy atom. The molecule has 0 aliphatic carbocycles. The summed E-state index contributed by atoms with van der Waals surface area (Å²) in [6, 6.07) is 11.6. The van der Waals surface area contributed by atoms with Crippen LogP contribution in [0.15, 0.2) is 46.9 Å². The first kappa shape index (κ1) is 13.0. The van der Waals surface area contributed by atoms with Gasteiger partial charge in [-0.2, -0.15) is 0 Å². The van der Waals surface area contributed by atoms with Crippen LogP contribution in [0.1, 0.15) is 21.5 Å². The number of Topliss-reactive ketones (excluding diaryl/α,β-unsaturated/α-hetero) is 1. The Balaban J connectivity index is 2.19. The Morgan fingerprint density at radius 1 is 1.22 bits per heavy atom. The second-order valence-corrected chi connectivity index (χ2v) is 5.05. The van der Waals surface area contributed by atoms with E-state index in [0.29, 0.717) is 11.1 Å². The Labute approximate surface area is 114 Å². The van der Waals surface area contributed by atoms with Crippen molar-refractivity contribution in [2.45, 2.75) is 13.3 Å². The fourth-order valence-corrected chi connectivity index (χ4v) is 2.08. The van der Waals surface area contributed by atoms with Gasteiger partial charge in [-0.15, -0.1) is 0 Å². The van der Waals surface area contributed by atoms with Gasteiger partial charge in [0.2, 0.25) is 0 Å². The second-order valence-electron chi connectivity index (χ2n) is 4.19. The molecule has 0 radical (unpaired) electrons. The van der Waals surface area contributed by atoms with Crippen molar-refractivity contribution in [3.05, 3.63) is 69.4 Å². The minimum Gasteiger partial charge on any atom is -0.294 e. The molecule has 2 rings (SSSR count). The van der Waals surface area contributed by atoms with Gasteiger partial charge in [0.25, 0.3) is 0 Å². The maximum Gasteiger partial charge on any atom is 0.167 e. The van der Waals surface area contributed by atoms with Crippen LogP contribution in [0, 0.1) is 12.7 Å². The molecule has 0 atom stereocenters. The average Bonchev–Trinajstić information content (AvgIpc) is 2.32. The molecule has 3 heteroatoms. The Bertz CT molecular complexity index is 593. The van der Waals surface area contributed by atoms with Crippen molar-refractivity contribution in [1.82, 2.24) is 0 Å². The molecule has 0 aromatic heterocycles. The van der Waals surface area contributed by atoms with Gasteiger partial charge in [0, 0.05) is 16.5 Å². The zero-order valence-electron chi connectivity index (χ0n) is 9.91. The summed E-state index contributed by atoms with van der Waals surface area (Å²) in [6.07, 6.45) is 0.216. The first-order chi connectivity index (χ1) is 8.56. The van der Waals surface area contributed by atoms with Gasteiger partial charge < -0.3 is 0 Å². The van der Waals surface area contributed by atoms with Crippen LogP contribution < -0.4 is 0 Å². The molecule has 1 nitrogen and oxygen atoms in total. The van der Waals surface area contributed by atoms with Gasteiger partial charge >= 0.3 is 0 Å². The van der Waals surface area contributed by atoms with Crippen LogP contribution in [0.5, 0.6) is 0 Å². The van der Waals surface area contributed by atoms with Crippen LogP contribution in [0.2, 0.25) is 0 Å². The molecular weight excluding hydrogens is 295 g/mol. The van der Waals surface area contributed by atoms with E-state index >= 15 is 0 Å². The maximum absolute atomic E-state index is 13.0. The van der Waals surface area contributed by atoms with E-state index in [-0.39, 0.29) is 18.0 Å². The Hall–Kier alpha value is -1.48. The molecular formula is C15H12BrFO. The summed E-state index contributed by atoms with van der Waals surface area (Å²) in [5.41, 5.74) is 2.41. The molecule has 0 fully saturated rings. The van der Waals surface area contributed by atoms with E-state index in [0.717, 1.165) is 10.0 Å². The zero-order chi connectivity index (χ0) is 13.1. The normalized spacial score (nSPS) is 10.4. The first-order valence-corrected chi connectivity index (χ1v) is 6.39. The lowest BCUT2D eigenvalue weighted by Gasteiger charge is -2.04. The van der Waals surface area contributed by atoms with E-state index in [1.807, 2.05) is 13.0 Å². The smallest absolute Gasteiger partial charge is 0.167 e. The number of aryl methyl sites for hydroxylation is 1. The van der Waals surface area contributed by atoms with Gasteiger partial charge in [-0.05, 0) is 36.2 Å². The summed E-state index contributed by atoms with van der Waals surface area (Å²) in [4.78, 5) is 12.0. The van der Waals surface area contributed by atoms with E-state index in [9.17, 15) is 9.18 Å². The molecule has 0 spiro atoms. The first-order valence-electron chi connectivity index (χ1n) is 5.60. The number of ketones is 1. The highest BCUT2D eigenvalue weighted by Crippen LogP contribution is 2.19. The number of halogens is 2. The number of hydrogen-bond donors (Lipinski definition) is 0. The van der Waals surface area contributed by atoms with Crippen molar-refractivity contribution >= 4 is 21.7 Å². The van der Waals surface area contributed by atoms with Crippen LogP contribution in [-0.4, -0.2) is 5.78 Å². The van der Waals surface area contributed by atoms with Gasteiger partial charge in [-0.1, -0.05) is 40.2 Å². The van der Waals surface area contributed by atoms with Gasteiger partial charge in [0.05, 0.1) is 0 Å². The van der Waals surface area contributed by atoms with Crippen molar-refractivity contribution in [3.63, 3.8) is 0 Å². The molecule has 0 aliphatic heterocycles. The van der Waals surface area contributed by atoms with Gasteiger partial charge in [0.1, 0.15) is 5.82 Å². The topological polar surface area (TPSA) is 17.1 Å². The van der Waals surface area contributed by atoms with Crippen LogP contribution in [-0.2, 0) is 6.42 Å². The Kier molecular flexibility index (Phi) is 3.92. The highest BCUT2D eigenvalue weighted by molar-refractivity contribution is 9.10. The molecule has 0 N–H and O–H groups in total. The third kappa shape index (κ3) is 3.05. The molecule has 0 saturated heterocycles. The highest BCUT2D eigenvalue weighted by Gasteiger charge is 2.08. The predicted octanol–water partition coefficient (Wildman–Crippen LogP) is 4.32. The van der Waals surface area contributed by atoms with Crippen molar-refractivity contribution < 1.29 is 9.18 Å². The van der Waals surface area contributed by atoms with E-state index in [1.54, 1.807) is 24.3 Å². The maximum atomic E-state index is 13.0. The lowest BCUT2D eigenvalue weighted by molar-refractivity contribution is 0.0993. The van der Waals surface area contributed by atoms with Gasteiger partial charge in [0.15, 0.2) is 5.78 Å². The highest BCUT2D eigenvalue weighted by atomic mass is 79.9. The summed E-state index contributed by atoms with van der Waals surface area (Å²) < 4.78 is 13.9. The molecule has 2 aromatic carbocycles. The lowest BCUT2D eigenvalue weighted by Crippen LogP contribution is -2.04. The number of carbonyl (C=O) groups excluding carboxylic acids is 1. The van der Waals surface area contributed by atoms with E-state index in [2.05, 4.69) is 15.9 Å². The summed E-state index contributed by atoms with van der Waals surface area (Å²) in [5, 5.41) is 0. The average molecular weight is 307 g/mol. The van der Waals surface area contributed by atoms with Crippen LogP contribution in [0.3, 0.4) is 0 Å². The molecule has 2 aromatic rings. The zero-order valence-corrected chi connectivity index (χ0v) is 11.5. The van der Waals surface area contributed by atoms with Gasteiger partial charge in [-0.3, -0.25) is 4.79 Å². The quantitative estimate of drug-likeness (QED) is 0.772. The van der Waals surface area contributed by atoms with Crippen LogP contribution in [0.25, 0.3) is 0 Å². The summed E-state index contributed by atoms with van der Waals surface area (Å²) in [5.74, 6) is -0.327. The number of benzene rings is 2. The molecule has 0 aliphatic rings. The van der Waals surface area contributed by atoms with Crippen LogP contribution in [0.4, 0.5) is 4.39 Å². The largest absolute Gasteiger partial charge is 0.294 e. The molecule has 0 saturated carbocycles. The van der Waals surface area contributed by atoms with E-state index < -0.39 is 0 Å². The van der Waals surface area contributed by atoms with Gasteiger partial charge in [-0.25, -0.2) is 4.39 Å². The number of rotatable bonds is 3. The second kappa shape index (κ2) is 5.44. The molecule has 0 amide bonds. The fourth-order valence-electron chi connectivity index (χ4n) is 1.70. The Morgan fingerprint density at radius 3 is 2.67 bits per heavy atom. The minimum atomic E-state index is -0.314. The minimum absolute atomic E-state index is 0.0127. The third-order valence-electron chi connectivity index (χ3n) is 2.75. The lowest BCUT2D eigenvalue weighted by atomic mass is 10.0. The number of carbonyl (C=O) groups is 1. The standard InChI is InChI=1S/C15H12BrFO/c1-10-5-6-12(9-14(10)16)15(18)8-11-3-2-4-13(17)7-11/h2-7,9H,8H2,1H3. The molecule has 0 heterocycles. The third-order valence-corrected chi connectivity index (χ3v) is 3.60. The molecule has 92 valence electrons. The predicted molar refractivity (Wildman–Crippen MR) is 73.3 cm³/mol. The summed E-state index contributed by atoms with van der Waals surface area (Å²) in [7, 11) is 0.